The highest BCUT2D eigenvalue weighted by Crippen LogP contribution is 2.17. The largest absolute Gasteiger partial charge is 0.337 e. The monoisotopic (exact) mass is 428 g/mol. The van der Waals surface area contributed by atoms with Crippen LogP contribution >= 0.6 is 0 Å². The molecule has 2 aromatic carbocycles. The number of likely N-dealkylation sites (N-methyl/N-ethyl adjacent to an activating group) is 1. The van der Waals surface area contributed by atoms with Gasteiger partial charge in [-0.3, -0.25) is 9.59 Å². The molecule has 0 bridgehead atoms. The Bertz CT molecular complexity index is 1450. The quantitative estimate of drug-likeness (QED) is 0.500. The molecule has 0 aliphatic heterocycles. The van der Waals surface area contributed by atoms with E-state index in [4.69, 9.17) is 0 Å². The van der Waals surface area contributed by atoms with Crippen molar-refractivity contribution in [3.8, 4) is 5.69 Å². The number of amides is 1. The summed E-state index contributed by atoms with van der Waals surface area (Å²) in [5, 5.41) is 0.324. The van der Waals surface area contributed by atoms with Crippen molar-refractivity contribution in [1.29, 1.82) is 0 Å². The topological polar surface area (TPSA) is 77.2 Å². The van der Waals surface area contributed by atoms with Crippen LogP contribution in [0.1, 0.15) is 16.8 Å². The summed E-state index contributed by atoms with van der Waals surface area (Å²) in [4.78, 5) is 45.9. The Kier molecular flexibility index (Phi) is 5.48. The van der Waals surface area contributed by atoms with Gasteiger partial charge in [-0.25, -0.2) is 18.9 Å². The third kappa shape index (κ3) is 3.73. The van der Waals surface area contributed by atoms with Crippen LogP contribution in [0.4, 0.5) is 5.69 Å². The van der Waals surface area contributed by atoms with E-state index < -0.39 is 11.2 Å². The molecule has 0 saturated carbocycles. The first kappa shape index (κ1) is 21.2. The van der Waals surface area contributed by atoms with Crippen molar-refractivity contribution < 1.29 is 4.79 Å². The number of para-hydroxylation sites is 1. The lowest BCUT2D eigenvalue weighted by Crippen LogP contribution is -2.44. The summed E-state index contributed by atoms with van der Waals surface area (Å²) in [6.07, 6.45) is 0. The predicted molar refractivity (Wildman–Crippen MR) is 126 cm³/mol. The van der Waals surface area contributed by atoms with Gasteiger partial charge < -0.3 is 4.90 Å². The smallest absolute Gasteiger partial charge is 0.314 e. The van der Waals surface area contributed by atoms with E-state index in [0.29, 0.717) is 33.7 Å². The van der Waals surface area contributed by atoms with E-state index in [1.165, 1.54) is 9.47 Å². The highest BCUT2D eigenvalue weighted by molar-refractivity contribution is 5.93. The Morgan fingerprint density at radius 3 is 2.38 bits per heavy atom. The van der Waals surface area contributed by atoms with Gasteiger partial charge >= 0.3 is 5.69 Å². The number of hydrogen-bond acceptors (Lipinski definition) is 4. The fourth-order valence-corrected chi connectivity index (χ4v) is 3.85. The minimum Gasteiger partial charge on any atom is -0.314 e. The third-order valence-electron chi connectivity index (χ3n) is 5.49. The second kappa shape index (κ2) is 8.26. The Morgan fingerprint density at radius 2 is 1.69 bits per heavy atom. The molecule has 1 amide bonds. The van der Waals surface area contributed by atoms with Crippen molar-refractivity contribution in [2.24, 2.45) is 0 Å². The Morgan fingerprint density at radius 1 is 0.969 bits per heavy atom. The van der Waals surface area contributed by atoms with Crippen LogP contribution in [0.5, 0.6) is 0 Å². The molecule has 7 heteroatoms. The Balaban J connectivity index is 1.91. The molecule has 32 heavy (non-hydrogen) atoms. The number of rotatable bonds is 4. The zero-order chi connectivity index (χ0) is 23.0. The summed E-state index contributed by atoms with van der Waals surface area (Å²) < 4.78 is 2.39. The lowest BCUT2D eigenvalue weighted by Gasteiger charge is -2.19. The molecule has 0 fully saturated rings. The fraction of sp³-hybridized carbons (Fsp3) is 0.200. The average molecular weight is 428 g/mol. The predicted octanol–water partition coefficient (Wildman–Crippen LogP) is 3.14. The maximum atomic E-state index is 13.5. The van der Waals surface area contributed by atoms with Gasteiger partial charge in [-0.2, -0.15) is 0 Å². The molecule has 7 nitrogen and oxygen atoms in total. The van der Waals surface area contributed by atoms with Crippen molar-refractivity contribution in [1.82, 2.24) is 14.1 Å². The molecular weight excluding hydrogens is 404 g/mol. The summed E-state index contributed by atoms with van der Waals surface area (Å²) in [7, 11) is 1.63. The zero-order valence-corrected chi connectivity index (χ0v) is 18.5. The first-order valence-corrected chi connectivity index (χ1v) is 10.3. The van der Waals surface area contributed by atoms with E-state index in [2.05, 4.69) is 4.98 Å². The van der Waals surface area contributed by atoms with Crippen molar-refractivity contribution in [3.63, 3.8) is 0 Å². The van der Waals surface area contributed by atoms with Gasteiger partial charge in [0.15, 0.2) is 5.65 Å². The number of carbonyl (C=O) groups is 1. The van der Waals surface area contributed by atoms with Crippen molar-refractivity contribution >= 4 is 22.6 Å². The number of anilines is 1. The maximum absolute atomic E-state index is 13.5. The van der Waals surface area contributed by atoms with Crippen molar-refractivity contribution in [3.05, 3.63) is 98.3 Å². The average Bonchev–Trinajstić information content (AvgIpc) is 2.76. The first-order valence-electron chi connectivity index (χ1n) is 10.3. The standard InChI is InChI=1S/C25H24N4O3/c1-16-9-8-12-20(13-16)27(4)21(30)15-28-24(31)22-17(2)14-18(3)26-23(22)29(25(28)32)19-10-6-5-7-11-19/h5-14H,15H2,1-4H3. The molecule has 0 spiro atoms. The summed E-state index contributed by atoms with van der Waals surface area (Å²) >= 11 is 0. The van der Waals surface area contributed by atoms with Crippen molar-refractivity contribution in [2.75, 3.05) is 11.9 Å². The molecule has 0 aliphatic carbocycles. The van der Waals surface area contributed by atoms with E-state index in [-0.39, 0.29) is 12.5 Å². The highest BCUT2D eigenvalue weighted by atomic mass is 16.2. The van der Waals surface area contributed by atoms with Gasteiger partial charge in [0.2, 0.25) is 5.91 Å². The van der Waals surface area contributed by atoms with E-state index in [1.807, 2.05) is 63.2 Å². The molecule has 4 aromatic rings. The zero-order valence-electron chi connectivity index (χ0n) is 18.5. The SMILES string of the molecule is Cc1cccc(N(C)C(=O)Cn2c(=O)c3c(C)cc(C)nc3n(-c3ccccc3)c2=O)c1. The van der Waals surface area contributed by atoms with E-state index in [9.17, 15) is 14.4 Å². The normalized spacial score (nSPS) is 11.0. The molecule has 2 aromatic heterocycles. The minimum absolute atomic E-state index is 0.291. The van der Waals surface area contributed by atoms with Crippen LogP contribution < -0.4 is 16.1 Å². The molecule has 0 radical (unpaired) electrons. The van der Waals surface area contributed by atoms with Crippen LogP contribution in [0.2, 0.25) is 0 Å². The number of nitrogens with zero attached hydrogens (tertiary/aromatic N) is 4. The van der Waals surface area contributed by atoms with E-state index in [1.54, 1.807) is 25.2 Å². The Labute approximate surface area is 185 Å². The lowest BCUT2D eigenvalue weighted by atomic mass is 10.1. The van der Waals surface area contributed by atoms with Gasteiger partial charge in [0.05, 0.1) is 11.1 Å². The Hall–Kier alpha value is -4.00. The van der Waals surface area contributed by atoms with Gasteiger partial charge in [-0.15, -0.1) is 0 Å². The molecule has 0 saturated heterocycles. The van der Waals surface area contributed by atoms with Crippen LogP contribution in [-0.4, -0.2) is 27.1 Å². The van der Waals surface area contributed by atoms with Crippen LogP contribution in [0, 0.1) is 20.8 Å². The highest BCUT2D eigenvalue weighted by Gasteiger charge is 2.21. The minimum atomic E-state index is -0.600. The molecular formula is C25H24N4O3. The molecule has 0 aliphatic rings. The van der Waals surface area contributed by atoms with Crippen LogP contribution in [0.3, 0.4) is 0 Å². The number of pyridine rings is 1. The second-order valence-corrected chi connectivity index (χ2v) is 7.92. The summed E-state index contributed by atoms with van der Waals surface area (Å²) in [5.41, 5.74) is 2.86. The van der Waals surface area contributed by atoms with Gasteiger partial charge in [0, 0.05) is 18.4 Å². The summed E-state index contributed by atoms with van der Waals surface area (Å²) in [6, 6.07) is 18.3. The number of benzene rings is 2. The van der Waals surface area contributed by atoms with Crippen LogP contribution in [-0.2, 0) is 11.3 Å². The molecule has 162 valence electrons. The summed E-state index contributed by atoms with van der Waals surface area (Å²) in [5.74, 6) is -0.369. The maximum Gasteiger partial charge on any atom is 0.337 e. The number of carbonyl (C=O) groups excluding carboxylic acids is 1. The van der Waals surface area contributed by atoms with E-state index >= 15 is 0 Å². The third-order valence-corrected chi connectivity index (χ3v) is 5.49. The molecule has 0 atom stereocenters. The fourth-order valence-electron chi connectivity index (χ4n) is 3.85. The molecule has 4 rings (SSSR count). The van der Waals surface area contributed by atoms with Gasteiger partial charge in [-0.1, -0.05) is 30.3 Å². The van der Waals surface area contributed by atoms with Crippen LogP contribution in [0.25, 0.3) is 16.7 Å². The number of hydrogen-bond donors (Lipinski definition) is 0. The van der Waals surface area contributed by atoms with Gasteiger partial charge in [0.1, 0.15) is 6.54 Å². The van der Waals surface area contributed by atoms with E-state index in [0.717, 1.165) is 10.1 Å². The summed E-state index contributed by atoms with van der Waals surface area (Å²) in [6.45, 7) is 5.19. The molecule has 2 heterocycles. The number of aromatic nitrogens is 3. The second-order valence-electron chi connectivity index (χ2n) is 7.92. The number of fused-ring (bicyclic) bond motifs is 1. The number of aryl methyl sites for hydroxylation is 3. The van der Waals surface area contributed by atoms with Gasteiger partial charge in [0.25, 0.3) is 5.56 Å². The first-order chi connectivity index (χ1) is 15.3. The lowest BCUT2D eigenvalue weighted by molar-refractivity contribution is -0.119. The molecule has 0 N–H and O–H groups in total. The van der Waals surface area contributed by atoms with Crippen molar-refractivity contribution in [2.45, 2.75) is 27.3 Å². The molecule has 0 unspecified atom stereocenters. The van der Waals surface area contributed by atoms with Gasteiger partial charge in [-0.05, 0) is 62.2 Å². The van der Waals surface area contributed by atoms with Crippen LogP contribution in [0.15, 0.2) is 70.3 Å².